The Morgan fingerprint density at radius 2 is 2.15 bits per heavy atom. The van der Waals surface area contributed by atoms with Crippen LogP contribution in [0.1, 0.15) is 37.1 Å². The van der Waals surface area contributed by atoms with Gasteiger partial charge in [0.2, 0.25) is 5.91 Å². The molecular weight excluding hydrogens is 328 g/mol. The number of rotatable bonds is 6. The lowest BCUT2D eigenvalue weighted by molar-refractivity contribution is -0.131. The summed E-state index contributed by atoms with van der Waals surface area (Å²) in [7, 11) is 3.76. The average Bonchev–Trinajstić information content (AvgIpc) is 2.92. The van der Waals surface area contributed by atoms with E-state index >= 15 is 0 Å². The Hall–Kier alpha value is -2.44. The maximum Gasteiger partial charge on any atom is 0.222 e. The van der Waals surface area contributed by atoms with Gasteiger partial charge >= 0.3 is 0 Å². The Morgan fingerprint density at radius 1 is 1.27 bits per heavy atom. The van der Waals surface area contributed by atoms with Gasteiger partial charge in [0.1, 0.15) is 5.82 Å². The quantitative estimate of drug-likeness (QED) is 0.857. The summed E-state index contributed by atoms with van der Waals surface area (Å²) < 4.78 is 1.84. The van der Waals surface area contributed by atoms with Gasteiger partial charge in [0, 0.05) is 45.5 Å². The van der Waals surface area contributed by atoms with Crippen molar-refractivity contribution in [1.82, 2.24) is 24.6 Å². The highest BCUT2D eigenvalue weighted by molar-refractivity contribution is 5.76. The monoisotopic (exact) mass is 356 g/mol. The number of likely N-dealkylation sites (tertiary alicyclic amines) is 1. The minimum Gasteiger partial charge on any atom is -0.372 e. The second-order valence-electron chi connectivity index (χ2n) is 6.97. The molecule has 0 aromatic carbocycles. The lowest BCUT2D eigenvalue weighted by atomic mass is 9.95. The molecule has 3 heterocycles. The minimum absolute atomic E-state index is 0.255. The fourth-order valence-electron chi connectivity index (χ4n) is 3.54. The van der Waals surface area contributed by atoms with Crippen LogP contribution in [0.2, 0.25) is 0 Å². The first-order chi connectivity index (χ1) is 12.7. The van der Waals surface area contributed by atoms with Crippen LogP contribution < -0.4 is 5.32 Å². The molecule has 1 aliphatic heterocycles. The summed E-state index contributed by atoms with van der Waals surface area (Å²) in [6.45, 7) is 1.71. The van der Waals surface area contributed by atoms with Gasteiger partial charge in [0.05, 0.1) is 18.1 Å². The number of aryl methyl sites for hydroxylation is 2. The third-order valence-electron chi connectivity index (χ3n) is 5.18. The number of carbonyl (C=O) groups is 1. The molecule has 0 unspecified atom stereocenters. The summed E-state index contributed by atoms with van der Waals surface area (Å²) in [6.07, 6.45) is 10.9. The van der Waals surface area contributed by atoms with Gasteiger partial charge in [-0.1, -0.05) is 0 Å². The molecule has 2 aromatic rings. The Kier molecular flexibility index (Phi) is 6.20. The van der Waals surface area contributed by atoms with E-state index in [2.05, 4.69) is 20.4 Å². The van der Waals surface area contributed by atoms with E-state index in [-0.39, 0.29) is 5.91 Å². The van der Waals surface area contributed by atoms with Crippen LogP contribution in [0, 0.1) is 5.92 Å². The zero-order chi connectivity index (χ0) is 18.4. The van der Waals surface area contributed by atoms with E-state index in [4.69, 9.17) is 0 Å². The highest BCUT2D eigenvalue weighted by Crippen LogP contribution is 2.22. The first-order valence-electron chi connectivity index (χ1n) is 9.39. The molecule has 1 amide bonds. The molecule has 140 valence electrons. The zero-order valence-electron chi connectivity index (χ0n) is 15.7. The normalized spacial score (nSPS) is 17.8. The Labute approximate surface area is 154 Å². The van der Waals surface area contributed by atoms with Gasteiger partial charge in [-0.05, 0) is 44.1 Å². The number of aromatic nitrogens is 4. The predicted molar refractivity (Wildman–Crippen MR) is 101 cm³/mol. The van der Waals surface area contributed by atoms with Crippen molar-refractivity contribution in [1.29, 1.82) is 0 Å². The van der Waals surface area contributed by atoms with Crippen LogP contribution in [-0.2, 0) is 24.7 Å². The molecule has 0 bridgehead atoms. The molecule has 0 radical (unpaired) electrons. The van der Waals surface area contributed by atoms with Crippen LogP contribution in [0.5, 0.6) is 0 Å². The number of nitrogens with one attached hydrogen (secondary N) is 1. The Balaban J connectivity index is 1.47. The average molecular weight is 356 g/mol. The predicted octanol–water partition coefficient (Wildman–Crippen LogP) is 2.06. The third-order valence-corrected chi connectivity index (χ3v) is 5.18. The molecule has 1 saturated heterocycles. The second kappa shape index (κ2) is 8.78. The fraction of sp³-hybridized carbons (Fsp3) is 0.579. The number of anilines is 1. The number of amides is 1. The Bertz CT molecular complexity index is 711. The molecule has 26 heavy (non-hydrogen) atoms. The third kappa shape index (κ3) is 4.80. The molecule has 1 aliphatic rings. The molecule has 2 aromatic heterocycles. The summed E-state index contributed by atoms with van der Waals surface area (Å²) in [6, 6.07) is 1.98. The van der Waals surface area contributed by atoms with Crippen LogP contribution >= 0.6 is 0 Å². The van der Waals surface area contributed by atoms with E-state index in [0.717, 1.165) is 62.4 Å². The highest BCUT2D eigenvalue weighted by Gasteiger charge is 2.21. The lowest BCUT2D eigenvalue weighted by Crippen LogP contribution is -2.32. The number of nitrogens with zero attached hydrogens (tertiary/aromatic N) is 5. The second-order valence-corrected chi connectivity index (χ2v) is 6.97. The van der Waals surface area contributed by atoms with Crippen LogP contribution in [0.15, 0.2) is 24.7 Å². The van der Waals surface area contributed by atoms with Crippen molar-refractivity contribution >= 4 is 11.7 Å². The largest absolute Gasteiger partial charge is 0.372 e. The van der Waals surface area contributed by atoms with E-state index in [1.807, 2.05) is 35.9 Å². The van der Waals surface area contributed by atoms with E-state index in [0.29, 0.717) is 12.3 Å². The van der Waals surface area contributed by atoms with Crippen molar-refractivity contribution in [2.24, 2.45) is 13.0 Å². The molecule has 0 aliphatic carbocycles. The van der Waals surface area contributed by atoms with E-state index in [1.165, 1.54) is 0 Å². The first-order valence-corrected chi connectivity index (χ1v) is 9.39. The molecule has 0 saturated carbocycles. The smallest absolute Gasteiger partial charge is 0.222 e. The van der Waals surface area contributed by atoms with Gasteiger partial charge in [-0.3, -0.25) is 14.5 Å². The number of hydrogen-bond acceptors (Lipinski definition) is 5. The van der Waals surface area contributed by atoms with Gasteiger partial charge in [-0.15, -0.1) is 0 Å². The van der Waals surface area contributed by atoms with Crippen molar-refractivity contribution in [2.75, 3.05) is 25.5 Å². The van der Waals surface area contributed by atoms with Gasteiger partial charge in [-0.2, -0.15) is 5.10 Å². The molecule has 7 heteroatoms. The van der Waals surface area contributed by atoms with Crippen LogP contribution in [0.25, 0.3) is 0 Å². The summed E-state index contributed by atoms with van der Waals surface area (Å²) >= 11 is 0. The summed E-state index contributed by atoms with van der Waals surface area (Å²) in [5.74, 6) is 1.62. The molecule has 1 atom stereocenters. The van der Waals surface area contributed by atoms with Crippen LogP contribution in [0.4, 0.5) is 5.82 Å². The topological polar surface area (TPSA) is 75.9 Å². The van der Waals surface area contributed by atoms with Gasteiger partial charge in [-0.25, -0.2) is 4.98 Å². The van der Waals surface area contributed by atoms with E-state index in [1.54, 1.807) is 12.4 Å². The van der Waals surface area contributed by atoms with Crippen LogP contribution in [-0.4, -0.2) is 50.7 Å². The van der Waals surface area contributed by atoms with Gasteiger partial charge in [0.25, 0.3) is 0 Å². The molecule has 1 fully saturated rings. The van der Waals surface area contributed by atoms with Gasteiger partial charge in [0.15, 0.2) is 0 Å². The fourth-order valence-corrected chi connectivity index (χ4v) is 3.54. The van der Waals surface area contributed by atoms with Crippen molar-refractivity contribution in [3.05, 3.63) is 36.0 Å². The summed E-state index contributed by atoms with van der Waals surface area (Å²) in [5, 5.41) is 7.15. The first kappa shape index (κ1) is 18.4. The zero-order valence-corrected chi connectivity index (χ0v) is 15.7. The molecule has 7 nitrogen and oxygen atoms in total. The van der Waals surface area contributed by atoms with Gasteiger partial charge < -0.3 is 10.2 Å². The SMILES string of the molecule is CNc1cnc(C[C@@H]2CCCN(C(=O)CCc3ccnn3C)CC2)cn1. The van der Waals surface area contributed by atoms with E-state index < -0.39 is 0 Å². The van der Waals surface area contributed by atoms with Crippen molar-refractivity contribution in [2.45, 2.75) is 38.5 Å². The molecular formula is C19H28N6O. The Morgan fingerprint density at radius 3 is 2.85 bits per heavy atom. The summed E-state index contributed by atoms with van der Waals surface area (Å²) in [5.41, 5.74) is 2.14. The highest BCUT2D eigenvalue weighted by atomic mass is 16.2. The van der Waals surface area contributed by atoms with Crippen molar-refractivity contribution in [3.63, 3.8) is 0 Å². The number of hydrogen-bond donors (Lipinski definition) is 1. The maximum absolute atomic E-state index is 12.6. The molecule has 3 rings (SSSR count). The number of carbonyl (C=O) groups excluding carboxylic acids is 1. The minimum atomic E-state index is 0.255. The maximum atomic E-state index is 12.6. The van der Waals surface area contributed by atoms with E-state index in [9.17, 15) is 4.79 Å². The van der Waals surface area contributed by atoms with Crippen molar-refractivity contribution < 1.29 is 4.79 Å². The molecule has 1 N–H and O–H groups in total. The van der Waals surface area contributed by atoms with Crippen LogP contribution in [0.3, 0.4) is 0 Å². The summed E-state index contributed by atoms with van der Waals surface area (Å²) in [4.78, 5) is 23.4. The van der Waals surface area contributed by atoms with Crippen molar-refractivity contribution in [3.8, 4) is 0 Å². The molecule has 0 spiro atoms. The lowest BCUT2D eigenvalue weighted by Gasteiger charge is -2.20. The standard InChI is InChI=1S/C19H28N6O/c1-20-18-14-21-16(13-22-18)12-15-4-3-10-25(11-8-15)19(26)6-5-17-7-9-23-24(17)2/h7,9,13-15H,3-6,8,10-12H2,1-2H3,(H,20,22)/t15-/m1/s1.